The summed E-state index contributed by atoms with van der Waals surface area (Å²) in [5.41, 5.74) is 7.53. The first-order valence-electron chi connectivity index (χ1n) is 13.8. The Balaban J connectivity index is 1.49. The second kappa shape index (κ2) is 13.4. The number of nitrogens with two attached hydrogens (primary N) is 1. The normalized spacial score (nSPS) is 11.0. The highest BCUT2D eigenvalue weighted by atomic mass is 35.5. The van der Waals surface area contributed by atoms with Crippen LogP contribution in [0.3, 0.4) is 0 Å². The average Bonchev–Trinajstić information content (AvgIpc) is 3.05. The number of carbonyl (C=O) groups excluding carboxylic acids is 3. The molecule has 0 heterocycles. The van der Waals surface area contributed by atoms with E-state index >= 15 is 0 Å². The van der Waals surface area contributed by atoms with E-state index in [9.17, 15) is 19.5 Å². The number of hydrogen-bond donors (Lipinski definition) is 4. The maximum Gasteiger partial charge on any atom is 0.259 e. The van der Waals surface area contributed by atoms with Gasteiger partial charge in [-0.25, -0.2) is 0 Å². The molecule has 0 radical (unpaired) electrons. The number of phenols is 1. The summed E-state index contributed by atoms with van der Waals surface area (Å²) in [5, 5.41) is 27.0. The van der Waals surface area contributed by atoms with Crippen LogP contribution >= 0.6 is 11.6 Å². The van der Waals surface area contributed by atoms with Gasteiger partial charge in [-0.1, -0.05) is 35.9 Å². The number of ether oxygens (including phenoxy) is 2. The second-order valence-corrected chi connectivity index (χ2v) is 10.5. The van der Waals surface area contributed by atoms with Gasteiger partial charge in [0.25, 0.3) is 11.8 Å². The van der Waals surface area contributed by atoms with Crippen molar-refractivity contribution >= 4 is 62.8 Å². The zero-order valence-electron chi connectivity index (χ0n) is 24.9. The van der Waals surface area contributed by atoms with Crippen LogP contribution in [0.1, 0.15) is 36.6 Å². The molecule has 0 atom stereocenters. The number of methoxy groups -OCH3 is 2. The summed E-state index contributed by atoms with van der Waals surface area (Å²) in [6, 6.07) is 22.6. The fraction of sp³-hybridized carbons (Fsp3) is 0.0882. The third kappa shape index (κ3) is 6.59. The molecule has 0 aliphatic carbocycles. The molecule has 0 saturated carbocycles. The van der Waals surface area contributed by atoms with Crippen molar-refractivity contribution in [3.63, 3.8) is 0 Å². The van der Waals surface area contributed by atoms with E-state index in [-0.39, 0.29) is 22.5 Å². The Hall–Kier alpha value is -5.94. The Kier molecular flexibility index (Phi) is 9.15. The first kappa shape index (κ1) is 31.5. The summed E-state index contributed by atoms with van der Waals surface area (Å²) < 4.78 is 10.8. The van der Waals surface area contributed by atoms with E-state index in [2.05, 4.69) is 20.9 Å². The molecule has 0 aliphatic rings. The maximum absolute atomic E-state index is 13.5. The van der Waals surface area contributed by atoms with Crippen LogP contribution in [0, 0.1) is 6.92 Å². The third-order valence-corrected chi connectivity index (χ3v) is 7.50. The number of nitrogens with one attached hydrogen (secondary N) is 2. The zero-order chi connectivity index (χ0) is 33.0. The quantitative estimate of drug-likeness (QED) is 0.122. The van der Waals surface area contributed by atoms with Gasteiger partial charge >= 0.3 is 0 Å². The number of primary amides is 1. The molecule has 0 bridgehead atoms. The molecule has 0 saturated heterocycles. The van der Waals surface area contributed by atoms with Crippen LogP contribution in [0.2, 0.25) is 5.02 Å². The number of benzene rings is 5. The van der Waals surface area contributed by atoms with E-state index in [1.165, 1.54) is 32.4 Å². The van der Waals surface area contributed by atoms with Crippen molar-refractivity contribution in [1.82, 2.24) is 0 Å². The van der Waals surface area contributed by atoms with E-state index < -0.39 is 23.5 Å². The number of anilines is 2. The van der Waals surface area contributed by atoms with Crippen molar-refractivity contribution in [2.24, 2.45) is 16.0 Å². The number of phenolic OH excluding ortho intramolecular Hbond substituents is 1. The van der Waals surface area contributed by atoms with Gasteiger partial charge in [0, 0.05) is 27.2 Å². The van der Waals surface area contributed by atoms with Crippen molar-refractivity contribution in [2.75, 3.05) is 24.9 Å². The number of amides is 3. The third-order valence-electron chi connectivity index (χ3n) is 7.09. The van der Waals surface area contributed by atoms with Gasteiger partial charge in [-0.2, -0.15) is 0 Å². The summed E-state index contributed by atoms with van der Waals surface area (Å²) in [6.07, 6.45) is 0. The highest BCUT2D eigenvalue weighted by molar-refractivity contribution is 6.31. The summed E-state index contributed by atoms with van der Waals surface area (Å²) in [5.74, 6) is -1.36. The Bertz CT molecular complexity index is 2030. The van der Waals surface area contributed by atoms with Crippen molar-refractivity contribution in [1.29, 1.82) is 0 Å². The van der Waals surface area contributed by atoms with Crippen LogP contribution in [0.15, 0.2) is 95.2 Å². The molecule has 5 N–H and O–H groups in total. The Labute approximate surface area is 268 Å². The van der Waals surface area contributed by atoms with Gasteiger partial charge in [-0.05, 0) is 78.5 Å². The van der Waals surface area contributed by atoms with Gasteiger partial charge in [-0.15, -0.1) is 10.2 Å². The molecule has 3 amide bonds. The molecular formula is C34H28ClN5O6. The molecule has 0 fully saturated rings. The lowest BCUT2D eigenvalue weighted by Crippen LogP contribution is -2.13. The SMILES string of the molecule is COc1ccc(C(=O)Nc2ccc(C(N)=O)cc2)cc1N=Nc1c(O)c(C(=O)Nc2cc(Cl)c(C)cc2OC)cc2ccccc12. The fourth-order valence-electron chi connectivity index (χ4n) is 4.64. The van der Waals surface area contributed by atoms with E-state index in [1.54, 1.807) is 66.7 Å². The van der Waals surface area contributed by atoms with Crippen LogP contribution in [0.25, 0.3) is 10.8 Å². The first-order valence-corrected chi connectivity index (χ1v) is 14.2. The minimum atomic E-state index is -0.627. The van der Waals surface area contributed by atoms with Gasteiger partial charge in [-0.3, -0.25) is 14.4 Å². The second-order valence-electron chi connectivity index (χ2n) is 10.1. The predicted molar refractivity (Wildman–Crippen MR) is 176 cm³/mol. The maximum atomic E-state index is 13.5. The number of halogens is 1. The first-order chi connectivity index (χ1) is 22.1. The molecular weight excluding hydrogens is 610 g/mol. The lowest BCUT2D eigenvalue weighted by molar-refractivity contribution is 0.0996. The van der Waals surface area contributed by atoms with Gasteiger partial charge in [0.05, 0.1) is 25.5 Å². The average molecular weight is 638 g/mol. The van der Waals surface area contributed by atoms with E-state index in [4.69, 9.17) is 26.8 Å². The van der Waals surface area contributed by atoms with Gasteiger partial charge in [0.1, 0.15) is 22.9 Å². The molecule has 0 spiro atoms. The Morgan fingerprint density at radius 1 is 0.804 bits per heavy atom. The highest BCUT2D eigenvalue weighted by Crippen LogP contribution is 2.41. The molecule has 5 aromatic carbocycles. The number of carbonyl (C=O) groups is 3. The molecule has 5 aromatic rings. The topological polar surface area (TPSA) is 165 Å². The number of aryl methyl sites for hydroxylation is 1. The van der Waals surface area contributed by atoms with Crippen LogP contribution in [0.4, 0.5) is 22.7 Å². The predicted octanol–water partition coefficient (Wildman–Crippen LogP) is 7.54. The van der Waals surface area contributed by atoms with Crippen LogP contribution in [0.5, 0.6) is 17.2 Å². The zero-order valence-corrected chi connectivity index (χ0v) is 25.7. The fourth-order valence-corrected chi connectivity index (χ4v) is 4.80. The number of aromatic hydroxyl groups is 1. The van der Waals surface area contributed by atoms with Crippen molar-refractivity contribution in [3.05, 3.63) is 112 Å². The molecule has 5 rings (SSSR count). The Morgan fingerprint density at radius 2 is 1.50 bits per heavy atom. The highest BCUT2D eigenvalue weighted by Gasteiger charge is 2.21. The van der Waals surface area contributed by atoms with Gasteiger partial charge in [0.15, 0.2) is 5.75 Å². The van der Waals surface area contributed by atoms with Crippen molar-refractivity contribution in [2.45, 2.75) is 6.92 Å². The van der Waals surface area contributed by atoms with Crippen LogP contribution in [-0.2, 0) is 0 Å². The minimum Gasteiger partial charge on any atom is -0.505 e. The Morgan fingerprint density at radius 3 is 2.20 bits per heavy atom. The van der Waals surface area contributed by atoms with Gasteiger partial charge < -0.3 is 30.9 Å². The minimum absolute atomic E-state index is 0.0311. The van der Waals surface area contributed by atoms with Crippen molar-refractivity contribution in [3.8, 4) is 17.2 Å². The van der Waals surface area contributed by atoms with E-state index in [1.807, 2.05) is 6.92 Å². The van der Waals surface area contributed by atoms with Gasteiger partial charge in [0.2, 0.25) is 5.91 Å². The molecule has 11 nitrogen and oxygen atoms in total. The molecule has 0 aliphatic heterocycles. The lowest BCUT2D eigenvalue weighted by atomic mass is 10.0. The smallest absolute Gasteiger partial charge is 0.259 e. The molecule has 12 heteroatoms. The van der Waals surface area contributed by atoms with Crippen LogP contribution < -0.4 is 25.8 Å². The summed E-state index contributed by atoms with van der Waals surface area (Å²) in [7, 11) is 2.91. The molecule has 0 aromatic heterocycles. The number of rotatable bonds is 9. The monoisotopic (exact) mass is 637 g/mol. The van der Waals surface area contributed by atoms with Crippen LogP contribution in [-0.4, -0.2) is 37.0 Å². The number of hydrogen-bond acceptors (Lipinski definition) is 8. The number of nitrogens with zero attached hydrogens (tertiary/aromatic N) is 2. The summed E-state index contributed by atoms with van der Waals surface area (Å²) >= 11 is 6.28. The summed E-state index contributed by atoms with van der Waals surface area (Å²) in [6.45, 7) is 1.81. The van der Waals surface area contributed by atoms with E-state index in [0.717, 1.165) is 5.56 Å². The van der Waals surface area contributed by atoms with E-state index in [0.29, 0.717) is 44.2 Å². The number of fused-ring (bicyclic) bond motifs is 1. The lowest BCUT2D eigenvalue weighted by Gasteiger charge is -2.14. The largest absolute Gasteiger partial charge is 0.505 e. The number of azo groups is 1. The molecule has 46 heavy (non-hydrogen) atoms. The standard InChI is InChI=1S/C34H28ClN5O6/c1-18-14-29(46-3)26(17-25(18)35)38-34(44)24-15-20-6-4-5-7-23(20)30(31(24)41)40-39-27-16-21(10-13-28(27)45-2)33(43)37-22-11-8-19(9-12-22)32(36)42/h4-17,41H,1-3H3,(H2,36,42)(H,37,43)(H,38,44). The molecule has 232 valence electrons. The molecule has 0 unspecified atom stereocenters. The van der Waals surface area contributed by atoms with Crippen molar-refractivity contribution < 1.29 is 29.0 Å². The summed E-state index contributed by atoms with van der Waals surface area (Å²) in [4.78, 5) is 37.8.